The maximum absolute atomic E-state index is 11.1. The number of nitrogen functional groups attached to an aromatic ring is 1. The zero-order valence-electron chi connectivity index (χ0n) is 14.5. The van der Waals surface area contributed by atoms with E-state index >= 15 is 0 Å². The van der Waals surface area contributed by atoms with E-state index < -0.39 is 0 Å². The van der Waals surface area contributed by atoms with Gasteiger partial charge in [0.2, 0.25) is 11.8 Å². The topological polar surface area (TPSA) is 102 Å². The standard InChI is InChI=1S/C19H19N5O2/c1-12-3-9-16(10-4-12)26-19-17(20)18(21-11-22-19)24-15-7-5-14(6-8-15)23-13(2)25/h3-11H,20H2,1-2H3,(H,23,25)(H,21,22,24). The average molecular weight is 349 g/mol. The predicted octanol–water partition coefficient (Wildman–Crippen LogP) is 3.86. The van der Waals surface area contributed by atoms with Gasteiger partial charge in [0.1, 0.15) is 17.8 Å². The number of anilines is 4. The number of rotatable bonds is 5. The minimum atomic E-state index is -0.122. The molecule has 1 amide bonds. The molecule has 26 heavy (non-hydrogen) atoms. The third kappa shape index (κ3) is 4.27. The highest BCUT2D eigenvalue weighted by Gasteiger charge is 2.11. The van der Waals surface area contributed by atoms with E-state index in [2.05, 4.69) is 20.6 Å². The van der Waals surface area contributed by atoms with Crippen molar-refractivity contribution < 1.29 is 9.53 Å². The van der Waals surface area contributed by atoms with E-state index in [1.54, 1.807) is 12.1 Å². The highest BCUT2D eigenvalue weighted by molar-refractivity contribution is 5.89. The maximum atomic E-state index is 11.1. The molecule has 4 N–H and O–H groups in total. The van der Waals surface area contributed by atoms with E-state index in [9.17, 15) is 4.79 Å². The Bertz CT molecular complexity index is 908. The molecule has 0 atom stereocenters. The van der Waals surface area contributed by atoms with Gasteiger partial charge in [0.05, 0.1) is 0 Å². The van der Waals surface area contributed by atoms with Crippen molar-refractivity contribution >= 4 is 28.8 Å². The number of benzene rings is 2. The summed E-state index contributed by atoms with van der Waals surface area (Å²) in [6, 6.07) is 14.8. The van der Waals surface area contributed by atoms with Crippen LogP contribution in [-0.4, -0.2) is 15.9 Å². The summed E-state index contributed by atoms with van der Waals surface area (Å²) in [5.41, 5.74) is 9.06. The van der Waals surface area contributed by atoms with Crippen LogP contribution in [0.5, 0.6) is 11.6 Å². The first kappa shape index (κ1) is 17.2. The maximum Gasteiger partial charge on any atom is 0.248 e. The van der Waals surface area contributed by atoms with Gasteiger partial charge in [-0.25, -0.2) is 4.98 Å². The molecular formula is C19H19N5O2. The van der Waals surface area contributed by atoms with E-state index in [4.69, 9.17) is 10.5 Å². The number of nitrogens with one attached hydrogen (secondary N) is 2. The van der Waals surface area contributed by atoms with Crippen LogP contribution in [0.15, 0.2) is 54.9 Å². The molecule has 0 aliphatic rings. The second-order valence-electron chi connectivity index (χ2n) is 5.74. The smallest absolute Gasteiger partial charge is 0.248 e. The van der Waals surface area contributed by atoms with Gasteiger partial charge >= 0.3 is 0 Å². The summed E-state index contributed by atoms with van der Waals surface area (Å²) in [5, 5.41) is 5.83. The molecule has 0 aliphatic carbocycles. The summed E-state index contributed by atoms with van der Waals surface area (Å²) in [7, 11) is 0. The summed E-state index contributed by atoms with van der Waals surface area (Å²) in [6.07, 6.45) is 1.38. The quantitative estimate of drug-likeness (QED) is 0.646. The molecular weight excluding hydrogens is 330 g/mol. The summed E-state index contributed by atoms with van der Waals surface area (Å²) in [6.45, 7) is 3.46. The van der Waals surface area contributed by atoms with Crippen LogP contribution in [0.4, 0.5) is 22.9 Å². The van der Waals surface area contributed by atoms with Crippen molar-refractivity contribution in [1.82, 2.24) is 9.97 Å². The van der Waals surface area contributed by atoms with E-state index in [1.807, 2.05) is 43.3 Å². The van der Waals surface area contributed by atoms with Crippen LogP contribution in [0.1, 0.15) is 12.5 Å². The highest BCUT2D eigenvalue weighted by atomic mass is 16.5. The zero-order chi connectivity index (χ0) is 18.5. The molecule has 0 radical (unpaired) electrons. The van der Waals surface area contributed by atoms with Crippen molar-refractivity contribution in [3.05, 3.63) is 60.4 Å². The van der Waals surface area contributed by atoms with Crippen LogP contribution in [0.25, 0.3) is 0 Å². The first-order valence-electron chi connectivity index (χ1n) is 8.01. The predicted molar refractivity (Wildman–Crippen MR) is 102 cm³/mol. The lowest BCUT2D eigenvalue weighted by Gasteiger charge is -2.12. The number of nitrogens with two attached hydrogens (primary N) is 1. The van der Waals surface area contributed by atoms with Gasteiger partial charge in [0.15, 0.2) is 5.82 Å². The normalized spacial score (nSPS) is 10.2. The fourth-order valence-electron chi connectivity index (χ4n) is 2.26. The Morgan fingerprint density at radius 2 is 1.65 bits per heavy atom. The van der Waals surface area contributed by atoms with Gasteiger partial charge in [-0.15, -0.1) is 0 Å². The number of hydrogen-bond donors (Lipinski definition) is 3. The van der Waals surface area contributed by atoms with Gasteiger partial charge in [-0.1, -0.05) is 17.7 Å². The summed E-state index contributed by atoms with van der Waals surface area (Å²) in [5.74, 6) is 1.24. The van der Waals surface area contributed by atoms with E-state index in [0.717, 1.165) is 11.3 Å². The third-order valence-electron chi connectivity index (χ3n) is 3.55. The lowest BCUT2D eigenvalue weighted by atomic mass is 10.2. The molecule has 0 fully saturated rings. The first-order chi connectivity index (χ1) is 12.5. The first-order valence-corrected chi connectivity index (χ1v) is 8.01. The molecule has 0 bridgehead atoms. The second-order valence-corrected chi connectivity index (χ2v) is 5.74. The molecule has 1 heterocycles. The molecule has 2 aromatic carbocycles. The minimum absolute atomic E-state index is 0.122. The molecule has 0 saturated carbocycles. The Labute approximate surface area is 151 Å². The Morgan fingerprint density at radius 1 is 1.00 bits per heavy atom. The lowest BCUT2D eigenvalue weighted by Crippen LogP contribution is -2.06. The zero-order valence-corrected chi connectivity index (χ0v) is 14.5. The number of aromatic nitrogens is 2. The molecule has 3 aromatic rings. The summed E-state index contributed by atoms with van der Waals surface area (Å²) < 4.78 is 5.74. The molecule has 0 aliphatic heterocycles. The number of carbonyl (C=O) groups is 1. The summed E-state index contributed by atoms with van der Waals surface area (Å²) in [4.78, 5) is 19.3. The molecule has 0 saturated heterocycles. The van der Waals surface area contributed by atoms with Crippen molar-refractivity contribution in [2.24, 2.45) is 0 Å². The van der Waals surface area contributed by atoms with Crippen molar-refractivity contribution in [2.45, 2.75) is 13.8 Å². The van der Waals surface area contributed by atoms with Crippen LogP contribution in [0.3, 0.4) is 0 Å². The van der Waals surface area contributed by atoms with Crippen LogP contribution >= 0.6 is 0 Å². The van der Waals surface area contributed by atoms with E-state index in [1.165, 1.54) is 13.3 Å². The molecule has 0 unspecified atom stereocenters. The van der Waals surface area contributed by atoms with Crippen LogP contribution in [0.2, 0.25) is 0 Å². The molecule has 3 rings (SSSR count). The van der Waals surface area contributed by atoms with Gasteiger partial charge in [-0.05, 0) is 43.3 Å². The van der Waals surface area contributed by atoms with Gasteiger partial charge in [-0.3, -0.25) is 4.79 Å². The van der Waals surface area contributed by atoms with Crippen LogP contribution in [0, 0.1) is 6.92 Å². The fraction of sp³-hybridized carbons (Fsp3) is 0.105. The fourth-order valence-corrected chi connectivity index (χ4v) is 2.26. The number of hydrogen-bond acceptors (Lipinski definition) is 6. The third-order valence-corrected chi connectivity index (χ3v) is 3.55. The molecule has 132 valence electrons. The largest absolute Gasteiger partial charge is 0.437 e. The Morgan fingerprint density at radius 3 is 2.31 bits per heavy atom. The monoisotopic (exact) mass is 349 g/mol. The van der Waals surface area contributed by atoms with E-state index in [-0.39, 0.29) is 11.8 Å². The van der Waals surface area contributed by atoms with Crippen molar-refractivity contribution in [2.75, 3.05) is 16.4 Å². The number of amides is 1. The number of ether oxygens (including phenoxy) is 1. The molecule has 1 aromatic heterocycles. The van der Waals surface area contributed by atoms with Crippen LogP contribution < -0.4 is 21.1 Å². The van der Waals surface area contributed by atoms with E-state index in [0.29, 0.717) is 22.9 Å². The molecule has 7 heteroatoms. The van der Waals surface area contributed by atoms with Gasteiger partial charge in [0, 0.05) is 18.3 Å². The van der Waals surface area contributed by atoms with Gasteiger partial charge < -0.3 is 21.1 Å². The Balaban J connectivity index is 1.76. The van der Waals surface area contributed by atoms with Gasteiger partial charge in [-0.2, -0.15) is 4.98 Å². The summed E-state index contributed by atoms with van der Waals surface area (Å²) >= 11 is 0. The molecule has 7 nitrogen and oxygen atoms in total. The van der Waals surface area contributed by atoms with Gasteiger partial charge in [0.25, 0.3) is 0 Å². The Hall–Kier alpha value is -3.61. The van der Waals surface area contributed by atoms with Crippen LogP contribution in [-0.2, 0) is 4.79 Å². The second kappa shape index (κ2) is 7.52. The van der Waals surface area contributed by atoms with Crippen molar-refractivity contribution in [1.29, 1.82) is 0 Å². The number of carbonyl (C=O) groups excluding carboxylic acids is 1. The van der Waals surface area contributed by atoms with Crippen molar-refractivity contribution in [3.63, 3.8) is 0 Å². The number of aryl methyl sites for hydroxylation is 1. The Kier molecular flexibility index (Phi) is 4.98. The minimum Gasteiger partial charge on any atom is -0.437 e. The SMILES string of the molecule is CC(=O)Nc1ccc(Nc2ncnc(Oc3ccc(C)cc3)c2N)cc1. The van der Waals surface area contributed by atoms with Crippen molar-refractivity contribution in [3.8, 4) is 11.6 Å². The average Bonchev–Trinajstić information content (AvgIpc) is 2.61. The lowest BCUT2D eigenvalue weighted by molar-refractivity contribution is -0.114. The molecule has 0 spiro atoms. The number of nitrogens with zero attached hydrogens (tertiary/aromatic N) is 2. The highest BCUT2D eigenvalue weighted by Crippen LogP contribution is 2.31.